The van der Waals surface area contributed by atoms with Crippen molar-refractivity contribution in [1.82, 2.24) is 5.32 Å². The lowest BCUT2D eigenvalue weighted by Gasteiger charge is -2.40. The van der Waals surface area contributed by atoms with Crippen LogP contribution in [0.15, 0.2) is 24.3 Å². The van der Waals surface area contributed by atoms with Crippen molar-refractivity contribution < 1.29 is 4.79 Å². The molecule has 3 rings (SSSR count). The van der Waals surface area contributed by atoms with E-state index in [4.69, 9.17) is 11.6 Å². The monoisotopic (exact) mass is 235 g/mol. The lowest BCUT2D eigenvalue weighted by atomic mass is 9.61. The minimum Gasteiger partial charge on any atom is -0.355 e. The van der Waals surface area contributed by atoms with E-state index in [1.165, 1.54) is 12.0 Å². The normalized spacial score (nSPS) is 26.6. The summed E-state index contributed by atoms with van der Waals surface area (Å²) >= 11 is 5.88. The third kappa shape index (κ3) is 1.29. The molecule has 1 aliphatic carbocycles. The highest BCUT2D eigenvalue weighted by atomic mass is 35.5. The molecule has 1 atom stereocenters. The maximum Gasteiger partial charge on any atom is 0.226 e. The molecule has 1 N–H and O–H groups in total. The molecule has 0 bridgehead atoms. The van der Waals surface area contributed by atoms with Crippen LogP contribution in [0.3, 0.4) is 0 Å². The van der Waals surface area contributed by atoms with Crippen molar-refractivity contribution >= 4 is 17.5 Å². The first-order valence-corrected chi connectivity index (χ1v) is 6.14. The summed E-state index contributed by atoms with van der Waals surface area (Å²) in [4.78, 5) is 11.9. The zero-order valence-electron chi connectivity index (χ0n) is 9.00. The van der Waals surface area contributed by atoms with E-state index in [0.717, 1.165) is 24.4 Å². The van der Waals surface area contributed by atoms with Gasteiger partial charge in [-0.1, -0.05) is 30.2 Å². The molecule has 1 aromatic carbocycles. The van der Waals surface area contributed by atoms with Gasteiger partial charge in [-0.2, -0.15) is 0 Å². The number of rotatable bonds is 1. The third-order valence-corrected chi connectivity index (χ3v) is 4.36. The molecule has 1 saturated carbocycles. The SMILES string of the molecule is O=C1NC[C@H](c2ccc(Cl)cc2)C12CCC2. The molecule has 1 heterocycles. The summed E-state index contributed by atoms with van der Waals surface area (Å²) in [7, 11) is 0. The molecule has 1 amide bonds. The maximum atomic E-state index is 11.9. The van der Waals surface area contributed by atoms with Crippen molar-refractivity contribution in [3.8, 4) is 0 Å². The quantitative estimate of drug-likeness (QED) is 0.797. The van der Waals surface area contributed by atoms with Crippen molar-refractivity contribution in [2.24, 2.45) is 5.41 Å². The zero-order valence-corrected chi connectivity index (χ0v) is 9.76. The fraction of sp³-hybridized carbons (Fsp3) is 0.462. The van der Waals surface area contributed by atoms with Gasteiger partial charge in [0.1, 0.15) is 0 Å². The van der Waals surface area contributed by atoms with Gasteiger partial charge in [-0.15, -0.1) is 0 Å². The number of carbonyl (C=O) groups excluding carboxylic acids is 1. The van der Waals surface area contributed by atoms with Crippen molar-refractivity contribution in [1.29, 1.82) is 0 Å². The second kappa shape index (κ2) is 3.49. The van der Waals surface area contributed by atoms with Crippen molar-refractivity contribution in [3.63, 3.8) is 0 Å². The number of hydrogen-bond acceptors (Lipinski definition) is 1. The Kier molecular flexibility index (Phi) is 2.21. The van der Waals surface area contributed by atoms with E-state index in [1.807, 2.05) is 24.3 Å². The summed E-state index contributed by atoms with van der Waals surface area (Å²) in [6, 6.07) is 7.92. The molecule has 2 fully saturated rings. The molecule has 1 spiro atoms. The van der Waals surface area contributed by atoms with Gasteiger partial charge in [-0.05, 0) is 30.5 Å². The van der Waals surface area contributed by atoms with Gasteiger partial charge in [-0.25, -0.2) is 0 Å². The average molecular weight is 236 g/mol. The van der Waals surface area contributed by atoms with Gasteiger partial charge in [0, 0.05) is 17.5 Å². The van der Waals surface area contributed by atoms with E-state index >= 15 is 0 Å². The highest BCUT2D eigenvalue weighted by molar-refractivity contribution is 6.30. The van der Waals surface area contributed by atoms with Gasteiger partial charge >= 0.3 is 0 Å². The largest absolute Gasteiger partial charge is 0.355 e. The summed E-state index contributed by atoms with van der Waals surface area (Å²) in [5.74, 6) is 0.588. The van der Waals surface area contributed by atoms with Gasteiger partial charge in [0.25, 0.3) is 0 Å². The number of amides is 1. The van der Waals surface area contributed by atoms with Crippen LogP contribution in [0.4, 0.5) is 0 Å². The summed E-state index contributed by atoms with van der Waals surface area (Å²) < 4.78 is 0. The molecule has 0 unspecified atom stereocenters. The smallest absolute Gasteiger partial charge is 0.226 e. The first-order chi connectivity index (χ1) is 7.72. The van der Waals surface area contributed by atoms with E-state index in [2.05, 4.69) is 5.32 Å². The van der Waals surface area contributed by atoms with E-state index in [0.29, 0.717) is 5.92 Å². The molecule has 1 aliphatic heterocycles. The Balaban J connectivity index is 1.95. The molecule has 2 aliphatic rings. The van der Waals surface area contributed by atoms with Crippen LogP contribution in [0.1, 0.15) is 30.7 Å². The summed E-state index contributed by atoms with van der Waals surface area (Å²) in [6.45, 7) is 0.778. The van der Waals surface area contributed by atoms with Gasteiger partial charge in [0.15, 0.2) is 0 Å². The van der Waals surface area contributed by atoms with E-state index in [1.54, 1.807) is 0 Å². The van der Waals surface area contributed by atoms with Crippen LogP contribution in [0.2, 0.25) is 5.02 Å². The number of carbonyl (C=O) groups is 1. The number of benzene rings is 1. The van der Waals surface area contributed by atoms with Crippen LogP contribution in [-0.4, -0.2) is 12.5 Å². The van der Waals surface area contributed by atoms with E-state index in [9.17, 15) is 4.79 Å². The molecule has 3 heteroatoms. The van der Waals surface area contributed by atoms with Crippen molar-refractivity contribution in [2.45, 2.75) is 25.2 Å². The van der Waals surface area contributed by atoms with Crippen LogP contribution in [0, 0.1) is 5.41 Å². The summed E-state index contributed by atoms with van der Waals surface area (Å²) in [5, 5.41) is 3.76. The number of nitrogens with one attached hydrogen (secondary N) is 1. The standard InChI is InChI=1S/C13H14ClNO/c14-10-4-2-9(3-5-10)11-8-15-12(16)13(11)6-1-7-13/h2-5,11H,1,6-8H2,(H,15,16)/t11-/m1/s1. The highest BCUT2D eigenvalue weighted by Crippen LogP contribution is 2.54. The van der Waals surface area contributed by atoms with Gasteiger partial charge in [0.05, 0.1) is 5.41 Å². The Morgan fingerprint density at radius 3 is 2.50 bits per heavy atom. The molecule has 1 aromatic rings. The van der Waals surface area contributed by atoms with E-state index < -0.39 is 0 Å². The summed E-state index contributed by atoms with van der Waals surface area (Å²) in [6.07, 6.45) is 3.25. The lowest BCUT2D eigenvalue weighted by molar-refractivity contribution is -0.132. The molecule has 0 radical (unpaired) electrons. The number of halogens is 1. The predicted octanol–water partition coefficient (Wildman–Crippen LogP) is 2.72. The van der Waals surface area contributed by atoms with Gasteiger partial charge in [-0.3, -0.25) is 4.79 Å². The molecule has 84 valence electrons. The van der Waals surface area contributed by atoms with Gasteiger partial charge in [0.2, 0.25) is 5.91 Å². The Morgan fingerprint density at radius 2 is 1.94 bits per heavy atom. The van der Waals surface area contributed by atoms with Crippen LogP contribution in [0.5, 0.6) is 0 Å². The third-order valence-electron chi connectivity index (χ3n) is 4.10. The second-order valence-electron chi connectivity index (χ2n) is 4.82. The molecular weight excluding hydrogens is 222 g/mol. The Labute approximate surface area is 100.0 Å². The first-order valence-electron chi connectivity index (χ1n) is 5.76. The van der Waals surface area contributed by atoms with Gasteiger partial charge < -0.3 is 5.32 Å². The zero-order chi connectivity index (χ0) is 11.2. The topological polar surface area (TPSA) is 29.1 Å². The maximum absolute atomic E-state index is 11.9. The molecule has 0 aromatic heterocycles. The lowest BCUT2D eigenvalue weighted by Crippen LogP contribution is -2.40. The fourth-order valence-electron chi connectivity index (χ4n) is 2.99. The predicted molar refractivity (Wildman–Crippen MR) is 63.5 cm³/mol. The first kappa shape index (κ1) is 10.2. The van der Waals surface area contributed by atoms with Crippen LogP contribution >= 0.6 is 11.6 Å². The average Bonchev–Trinajstić information content (AvgIpc) is 2.56. The molecule has 2 nitrogen and oxygen atoms in total. The highest BCUT2D eigenvalue weighted by Gasteiger charge is 2.54. The van der Waals surface area contributed by atoms with Crippen molar-refractivity contribution in [3.05, 3.63) is 34.9 Å². The Bertz CT molecular complexity index is 422. The summed E-state index contributed by atoms with van der Waals surface area (Å²) in [5.41, 5.74) is 1.14. The molecule has 16 heavy (non-hydrogen) atoms. The molecular formula is C13H14ClNO. The van der Waals surface area contributed by atoms with Crippen LogP contribution < -0.4 is 5.32 Å². The minimum atomic E-state index is -0.103. The van der Waals surface area contributed by atoms with Crippen LogP contribution in [0.25, 0.3) is 0 Å². The van der Waals surface area contributed by atoms with Crippen LogP contribution in [-0.2, 0) is 4.79 Å². The number of hydrogen-bond donors (Lipinski definition) is 1. The Hall–Kier alpha value is -1.02. The fourth-order valence-corrected chi connectivity index (χ4v) is 3.12. The second-order valence-corrected chi connectivity index (χ2v) is 5.26. The molecule has 1 saturated heterocycles. The van der Waals surface area contributed by atoms with E-state index in [-0.39, 0.29) is 11.3 Å². The van der Waals surface area contributed by atoms with Crippen molar-refractivity contribution in [2.75, 3.05) is 6.54 Å². The Morgan fingerprint density at radius 1 is 1.25 bits per heavy atom. The minimum absolute atomic E-state index is 0.103.